The van der Waals surface area contributed by atoms with E-state index in [0.717, 1.165) is 0 Å². The Morgan fingerprint density at radius 1 is 0.577 bits per heavy atom. The number of hydrogen-bond donors (Lipinski definition) is 5. The summed E-state index contributed by atoms with van der Waals surface area (Å²) in [7, 11) is 7.29. The topological polar surface area (TPSA) is 387 Å². The van der Waals surface area contributed by atoms with Gasteiger partial charge in [-0.25, -0.2) is 19.2 Å². The fourth-order valence-corrected chi connectivity index (χ4v) is 15.1. The van der Waals surface area contributed by atoms with Gasteiger partial charge in [0.2, 0.25) is 0 Å². The second-order valence-corrected chi connectivity index (χ2v) is 28.5. The first-order valence-corrected chi connectivity index (χ1v) is 34.1. The number of fused-ring (bicyclic) bond motifs is 2. The molecule has 6 saturated heterocycles. The smallest absolute Gasteiger partial charge is 0.410 e. The number of cyclic esters (lactones) is 2. The number of hydrogen-bond acceptors (Lipinski definition) is 25. The van der Waals surface area contributed by atoms with Gasteiger partial charge in [-0.1, -0.05) is 55.4 Å². The van der Waals surface area contributed by atoms with Crippen LogP contribution < -0.4 is 16.4 Å². The zero-order valence-corrected chi connectivity index (χ0v) is 61.3. The first-order valence-electron chi connectivity index (χ1n) is 34.1. The number of primary amides is 1. The first-order chi connectivity index (χ1) is 44.9. The minimum atomic E-state index is -1.72. The predicted molar refractivity (Wildman–Crippen MR) is 349 cm³/mol. The van der Waals surface area contributed by atoms with Crippen LogP contribution in [0.5, 0.6) is 0 Å². The van der Waals surface area contributed by atoms with Crippen LogP contribution in [0.25, 0.3) is 0 Å². The van der Waals surface area contributed by atoms with Crippen molar-refractivity contribution >= 4 is 59.4 Å². The Hall–Kier alpha value is -6.13. The van der Waals surface area contributed by atoms with Crippen molar-refractivity contribution in [2.24, 2.45) is 53.1 Å². The van der Waals surface area contributed by atoms with E-state index in [9.17, 15) is 58.2 Å². The van der Waals surface area contributed by atoms with Gasteiger partial charge in [0.1, 0.15) is 71.2 Å². The zero-order chi connectivity index (χ0) is 74.1. The number of aliphatic hydroxyl groups excluding tert-OH is 2. The van der Waals surface area contributed by atoms with Crippen molar-refractivity contribution in [3.63, 3.8) is 0 Å². The Balaban J connectivity index is 0.000000398. The Bertz CT molecular complexity index is 2840. The molecular formula is C68H113N7O22. The van der Waals surface area contributed by atoms with Crippen LogP contribution >= 0.6 is 0 Å². The van der Waals surface area contributed by atoms with Gasteiger partial charge in [0.15, 0.2) is 35.3 Å². The van der Waals surface area contributed by atoms with E-state index < -0.39 is 179 Å². The fourth-order valence-electron chi connectivity index (χ4n) is 15.1. The van der Waals surface area contributed by atoms with Crippen molar-refractivity contribution in [1.29, 1.82) is 5.26 Å². The van der Waals surface area contributed by atoms with E-state index in [2.05, 4.69) is 10.6 Å². The van der Waals surface area contributed by atoms with Gasteiger partial charge < -0.3 is 88.6 Å². The molecular weight excluding hydrogens is 1270 g/mol. The standard InChI is InChI=1S/C35H59N3O11.C31H51N3O11.C2H3N/c1-13-24-35(10)28(36-32(43)48-35)20(6)25(39)18(4)17-34(9,49-33(44)38(14-2)15-3)29(21(7)26(40)22(8)30(42)46-24)47-31-27(41)23(37(11)12)16-19(5)45-31;1-11-20-31(8)24(33-29(40)45-31)16(4)21(35)14(2)13-30(7,44-28(32)39)25(17(5)22(36)18(6)26(38)42-20)43-27-23(37)19(34(9)10)12-15(3)41-27;1-2-3/h18-24,27-29,31,41H,13-17H2,1-12H3,(H,36,43);14-20,23-25,27,37H,11-13H2,1-10H3,(H2,32,39)(H,33,40);1H3/t18-,19-,20+,21+,22-,23+,24-,27-,28-,29-,31+,34-,35-;14-,15-,16+,17+,18-,19+,20-,23-,24-,25-,27+,30-,31-;/m11./s1. The molecule has 0 unspecified atom stereocenters. The molecule has 0 aromatic rings. The van der Waals surface area contributed by atoms with Gasteiger partial charge in [0.05, 0.1) is 30.4 Å². The average molecular weight is 1380 g/mol. The van der Waals surface area contributed by atoms with Gasteiger partial charge in [0.25, 0.3) is 0 Å². The van der Waals surface area contributed by atoms with Crippen molar-refractivity contribution in [3.8, 4) is 6.07 Å². The Morgan fingerprint density at radius 2 is 0.907 bits per heavy atom. The number of nitrogens with one attached hydrogen (secondary N) is 2. The second kappa shape index (κ2) is 34.3. The molecule has 4 amide bonds. The maximum Gasteiger partial charge on any atom is 0.410 e. The minimum Gasteiger partial charge on any atom is -0.458 e. The van der Waals surface area contributed by atoms with E-state index in [4.69, 9.17) is 58.4 Å². The van der Waals surface area contributed by atoms with Crippen LogP contribution in [-0.2, 0) is 76.1 Å². The van der Waals surface area contributed by atoms with Crippen LogP contribution in [0.3, 0.4) is 0 Å². The number of amides is 4. The molecule has 0 bridgehead atoms. The van der Waals surface area contributed by atoms with Crippen molar-refractivity contribution in [1.82, 2.24) is 25.3 Å². The van der Waals surface area contributed by atoms with Crippen LogP contribution in [0.1, 0.15) is 170 Å². The summed E-state index contributed by atoms with van der Waals surface area (Å²) in [5.41, 5.74) is -0.660. The lowest BCUT2D eigenvalue weighted by Crippen LogP contribution is -2.61. The number of carbonyl (C=O) groups is 10. The highest BCUT2D eigenvalue weighted by molar-refractivity contribution is 6.01. The summed E-state index contributed by atoms with van der Waals surface area (Å²) in [6, 6.07) is -0.698. The summed E-state index contributed by atoms with van der Waals surface area (Å²) in [5.74, 6) is -11.5. The zero-order valence-electron chi connectivity index (χ0n) is 61.3. The first kappa shape index (κ1) is 83.3. The monoisotopic (exact) mass is 1380 g/mol. The van der Waals surface area contributed by atoms with E-state index in [-0.39, 0.29) is 61.5 Å². The van der Waals surface area contributed by atoms with Gasteiger partial charge in [-0.3, -0.25) is 28.8 Å². The molecule has 552 valence electrons. The SMILES string of the molecule is CC#N.CC[C@H]1OC(=O)[C@H](C)C(=O)[C@H](C)[C@@H](O[C@@H]2O[C@H](C)C[C@H](N(C)C)[C@H]2O)[C@](C)(OC(=O)N(CC)CC)C[C@@H](C)C(=O)[C@H](C)[C@H]2NC(=O)O[C@@]21C.CC[C@H]1OC(=O)[C@H](C)C(=O)[C@H](C)[C@@H](O[C@@H]2O[C@H](C)C[C@H](N(C)C)[C@H]2O)[C@](C)(OC(N)=O)C[C@@H](C)C(=O)[C@H](C)[C@H]2NC(=O)O[C@@]21C. The van der Waals surface area contributed by atoms with E-state index in [0.29, 0.717) is 25.9 Å². The lowest BCUT2D eigenvalue weighted by molar-refractivity contribution is -0.293. The van der Waals surface area contributed by atoms with Crippen LogP contribution in [0.2, 0.25) is 0 Å². The quantitative estimate of drug-likeness (QED) is 0.0879. The Kier molecular flexibility index (Phi) is 29.4. The van der Waals surface area contributed by atoms with Crippen LogP contribution in [0, 0.1) is 58.7 Å². The van der Waals surface area contributed by atoms with Crippen molar-refractivity contribution < 1.29 is 106 Å². The van der Waals surface area contributed by atoms with Crippen molar-refractivity contribution in [2.75, 3.05) is 41.3 Å². The highest BCUT2D eigenvalue weighted by atomic mass is 16.7. The number of aliphatic hydroxyl groups is 2. The van der Waals surface area contributed by atoms with Crippen LogP contribution in [0.15, 0.2) is 0 Å². The van der Waals surface area contributed by atoms with E-state index in [1.807, 2.05) is 51.8 Å². The van der Waals surface area contributed by atoms with Gasteiger partial charge >= 0.3 is 36.3 Å². The molecule has 0 aliphatic carbocycles. The third kappa shape index (κ3) is 18.8. The summed E-state index contributed by atoms with van der Waals surface area (Å²) in [4.78, 5) is 140. The Morgan fingerprint density at radius 3 is 1.21 bits per heavy atom. The molecule has 6 N–H and O–H groups in total. The third-order valence-electron chi connectivity index (χ3n) is 20.6. The molecule has 6 aliphatic rings. The summed E-state index contributed by atoms with van der Waals surface area (Å²) in [6.07, 6.45) is -12.1. The maximum atomic E-state index is 14.3. The van der Waals surface area contributed by atoms with Gasteiger partial charge in [-0.15, -0.1) is 0 Å². The van der Waals surface area contributed by atoms with Crippen LogP contribution in [-0.4, -0.2) is 234 Å². The average Bonchev–Trinajstić information content (AvgIpc) is 1.74. The van der Waals surface area contributed by atoms with Gasteiger partial charge in [0, 0.05) is 67.6 Å². The molecule has 6 heterocycles. The molecule has 0 saturated carbocycles. The molecule has 6 aliphatic heterocycles. The lowest BCUT2D eigenvalue weighted by atomic mass is 9.73. The number of ether oxygens (including phenoxy) is 10. The molecule has 26 atom stereocenters. The normalized spacial score (nSPS) is 40.9. The molecule has 29 heteroatoms. The molecule has 6 fully saturated rings. The number of likely N-dealkylation sites (N-methyl/N-ethyl adjacent to an activating group) is 2. The summed E-state index contributed by atoms with van der Waals surface area (Å²) in [6.45, 7) is 31.8. The minimum absolute atomic E-state index is 0.0881. The lowest BCUT2D eigenvalue weighted by Gasteiger charge is -2.47. The highest BCUT2D eigenvalue weighted by Gasteiger charge is 2.60. The number of nitriles is 1. The number of alkyl carbamates (subject to hydrolysis) is 2. The van der Waals surface area contributed by atoms with Crippen LogP contribution in [0.4, 0.5) is 19.2 Å². The van der Waals surface area contributed by atoms with E-state index in [1.54, 1.807) is 89.2 Å². The predicted octanol–water partition coefficient (Wildman–Crippen LogP) is 5.77. The molecule has 29 nitrogen and oxygen atoms in total. The fraction of sp³-hybridized carbons (Fsp3) is 0.838. The molecule has 0 aromatic heterocycles. The highest BCUT2D eigenvalue weighted by Crippen LogP contribution is 2.44. The summed E-state index contributed by atoms with van der Waals surface area (Å²) in [5, 5.41) is 35.5. The largest absolute Gasteiger partial charge is 0.458 e. The summed E-state index contributed by atoms with van der Waals surface area (Å²) < 4.78 is 60.0. The van der Waals surface area contributed by atoms with Crippen molar-refractivity contribution in [3.05, 3.63) is 0 Å². The number of carbonyl (C=O) groups excluding carboxylic acids is 10. The molecule has 0 radical (unpaired) electrons. The third-order valence-corrected chi connectivity index (χ3v) is 20.6. The van der Waals surface area contributed by atoms with Crippen molar-refractivity contribution in [2.45, 2.75) is 278 Å². The van der Waals surface area contributed by atoms with Gasteiger partial charge in [-0.05, 0) is 136 Å². The van der Waals surface area contributed by atoms with Gasteiger partial charge in [-0.2, -0.15) is 5.26 Å². The maximum absolute atomic E-state index is 14.3. The van der Waals surface area contributed by atoms with E-state index in [1.165, 1.54) is 39.5 Å². The molecule has 97 heavy (non-hydrogen) atoms. The molecule has 6 rings (SSSR count). The summed E-state index contributed by atoms with van der Waals surface area (Å²) >= 11 is 0. The molecule has 0 spiro atoms. The molecule has 0 aromatic carbocycles. The number of nitrogens with two attached hydrogens (primary N) is 1. The Labute approximate surface area is 572 Å². The number of rotatable bonds is 12. The number of ketones is 4. The second-order valence-electron chi connectivity index (χ2n) is 28.5. The van der Waals surface area contributed by atoms with E-state index >= 15 is 0 Å². The number of Topliss-reactive ketones (excluding diaryl/α,β-unsaturated/α-hetero) is 4. The number of esters is 2. The number of nitrogens with zero attached hydrogens (tertiary/aromatic N) is 4.